The van der Waals surface area contributed by atoms with Crippen molar-refractivity contribution in [1.82, 2.24) is 9.97 Å². The first kappa shape index (κ1) is 16.1. The van der Waals surface area contributed by atoms with Crippen LogP contribution in [0, 0.1) is 0 Å². The molecule has 1 heterocycles. The van der Waals surface area contributed by atoms with Gasteiger partial charge in [0, 0.05) is 0 Å². The summed E-state index contributed by atoms with van der Waals surface area (Å²) in [6.07, 6.45) is 1.18. The summed E-state index contributed by atoms with van der Waals surface area (Å²) in [6.45, 7) is 0. The zero-order valence-electron chi connectivity index (χ0n) is 10.5. The minimum absolute atomic E-state index is 0.0654. The van der Waals surface area contributed by atoms with E-state index >= 15 is 0 Å². The Kier molecular flexibility index (Phi) is 4.77. The van der Waals surface area contributed by atoms with E-state index in [0.29, 0.717) is 0 Å². The summed E-state index contributed by atoms with van der Waals surface area (Å²) in [7, 11) is -2.69. The topological polar surface area (TPSA) is 81.2 Å². The van der Waals surface area contributed by atoms with Crippen molar-refractivity contribution in [1.29, 1.82) is 0 Å². The maximum absolute atomic E-state index is 12.3. The van der Waals surface area contributed by atoms with Gasteiger partial charge < -0.3 is 4.74 Å². The zero-order valence-corrected chi connectivity index (χ0v) is 13.6. The molecule has 0 fully saturated rings. The summed E-state index contributed by atoms with van der Waals surface area (Å²) in [4.78, 5) is 7.45. The van der Waals surface area contributed by atoms with Gasteiger partial charge in [0.1, 0.15) is 4.90 Å². The van der Waals surface area contributed by atoms with E-state index < -0.39 is 10.0 Å². The number of ether oxygens (including phenoxy) is 1. The maximum Gasteiger partial charge on any atom is 0.264 e. The van der Waals surface area contributed by atoms with Crippen LogP contribution in [-0.2, 0) is 10.0 Å². The largest absolute Gasteiger partial charge is 0.478 e. The Morgan fingerprint density at radius 2 is 1.95 bits per heavy atom. The molecule has 0 atom stereocenters. The van der Waals surface area contributed by atoms with Crippen molar-refractivity contribution in [2.24, 2.45) is 0 Å². The number of sulfonamides is 1. The molecule has 0 aliphatic carbocycles. The highest BCUT2D eigenvalue weighted by atomic mass is 35.5. The van der Waals surface area contributed by atoms with Crippen molar-refractivity contribution in [3.05, 3.63) is 39.6 Å². The molecule has 0 saturated carbocycles. The van der Waals surface area contributed by atoms with Crippen LogP contribution in [0.5, 0.6) is 5.88 Å². The van der Waals surface area contributed by atoms with Crippen LogP contribution in [0.25, 0.3) is 0 Å². The van der Waals surface area contributed by atoms with Gasteiger partial charge in [-0.1, -0.05) is 40.9 Å². The van der Waals surface area contributed by atoms with Gasteiger partial charge in [-0.2, -0.15) is 4.98 Å². The van der Waals surface area contributed by atoms with Crippen LogP contribution < -0.4 is 9.46 Å². The molecule has 0 radical (unpaired) electrons. The van der Waals surface area contributed by atoms with Gasteiger partial charge in [0.2, 0.25) is 5.82 Å². The zero-order chi connectivity index (χ0) is 15.6. The fourth-order valence-corrected chi connectivity index (χ4v) is 3.33. The molecule has 2 rings (SSSR count). The molecule has 1 aromatic heterocycles. The van der Waals surface area contributed by atoms with E-state index in [4.69, 9.17) is 39.5 Å². The number of halogens is 3. The standard InChI is InChI=1S/C11H8Cl3N3O3S/c1-20-11-10(15-5-8(13)16-11)17-21(18,19)7-4-2-3-6(12)9(7)14/h2-5H,1H3,(H,15,17). The van der Waals surface area contributed by atoms with E-state index in [1.807, 2.05) is 0 Å². The van der Waals surface area contributed by atoms with Crippen molar-refractivity contribution in [2.75, 3.05) is 11.8 Å². The smallest absolute Gasteiger partial charge is 0.264 e. The van der Waals surface area contributed by atoms with Crippen molar-refractivity contribution in [2.45, 2.75) is 4.90 Å². The molecule has 0 spiro atoms. The van der Waals surface area contributed by atoms with Crippen molar-refractivity contribution in [3.8, 4) is 5.88 Å². The summed E-state index contributed by atoms with van der Waals surface area (Å²) in [6, 6.07) is 4.26. The van der Waals surface area contributed by atoms with E-state index in [-0.39, 0.29) is 31.8 Å². The first-order chi connectivity index (χ1) is 9.85. The molecule has 6 nitrogen and oxygen atoms in total. The van der Waals surface area contributed by atoms with Gasteiger partial charge in [-0.3, -0.25) is 4.72 Å². The quantitative estimate of drug-likeness (QED) is 0.896. The molecule has 0 unspecified atom stereocenters. The van der Waals surface area contributed by atoms with E-state index in [0.717, 1.165) is 0 Å². The van der Waals surface area contributed by atoms with Gasteiger partial charge >= 0.3 is 0 Å². The van der Waals surface area contributed by atoms with E-state index in [2.05, 4.69) is 14.7 Å². The molecule has 0 amide bonds. The summed E-state index contributed by atoms with van der Waals surface area (Å²) >= 11 is 17.4. The number of rotatable bonds is 4. The number of hydrogen-bond donors (Lipinski definition) is 1. The van der Waals surface area contributed by atoms with E-state index in [1.54, 1.807) is 0 Å². The monoisotopic (exact) mass is 367 g/mol. The highest BCUT2D eigenvalue weighted by Crippen LogP contribution is 2.31. The number of anilines is 1. The number of methoxy groups -OCH3 is 1. The van der Waals surface area contributed by atoms with Crippen molar-refractivity contribution >= 4 is 50.6 Å². The first-order valence-electron chi connectivity index (χ1n) is 5.38. The number of hydrogen-bond acceptors (Lipinski definition) is 5. The number of nitrogens with one attached hydrogen (secondary N) is 1. The first-order valence-corrected chi connectivity index (χ1v) is 8.00. The molecule has 10 heteroatoms. The Labute approximate surface area is 136 Å². The van der Waals surface area contributed by atoms with Crippen LogP contribution in [0.3, 0.4) is 0 Å². The van der Waals surface area contributed by atoms with Crippen LogP contribution >= 0.6 is 34.8 Å². The summed E-state index contributed by atoms with van der Waals surface area (Å²) in [5.41, 5.74) is 0. The Morgan fingerprint density at radius 1 is 1.24 bits per heavy atom. The summed E-state index contributed by atoms with van der Waals surface area (Å²) < 4.78 is 31.8. The van der Waals surface area contributed by atoms with Crippen molar-refractivity contribution < 1.29 is 13.2 Å². The lowest BCUT2D eigenvalue weighted by atomic mass is 10.4. The molecule has 1 N–H and O–H groups in total. The molecule has 21 heavy (non-hydrogen) atoms. The lowest BCUT2D eigenvalue weighted by Gasteiger charge is -2.11. The second-order valence-electron chi connectivity index (χ2n) is 3.71. The van der Waals surface area contributed by atoms with E-state index in [1.165, 1.54) is 31.5 Å². The molecule has 0 aliphatic heterocycles. The Balaban J connectivity index is 2.45. The molecule has 112 valence electrons. The number of aromatic nitrogens is 2. The lowest BCUT2D eigenvalue weighted by Crippen LogP contribution is -2.15. The predicted molar refractivity (Wildman–Crippen MR) is 80.9 cm³/mol. The van der Waals surface area contributed by atoms with Crippen LogP contribution in [0.4, 0.5) is 5.82 Å². The molecule has 2 aromatic rings. The van der Waals surface area contributed by atoms with Crippen LogP contribution in [-0.4, -0.2) is 25.5 Å². The Hall–Kier alpha value is -1.28. The third-order valence-corrected chi connectivity index (χ3v) is 4.84. The van der Waals surface area contributed by atoms with Gasteiger partial charge in [-0.25, -0.2) is 13.4 Å². The average molecular weight is 369 g/mol. The molecular weight excluding hydrogens is 361 g/mol. The van der Waals surface area contributed by atoms with Crippen LogP contribution in [0.2, 0.25) is 15.2 Å². The average Bonchev–Trinajstić information content (AvgIpc) is 2.43. The van der Waals surface area contributed by atoms with Crippen LogP contribution in [0.15, 0.2) is 29.3 Å². The highest BCUT2D eigenvalue weighted by Gasteiger charge is 2.22. The highest BCUT2D eigenvalue weighted by molar-refractivity contribution is 7.92. The third kappa shape index (κ3) is 3.49. The van der Waals surface area contributed by atoms with Crippen molar-refractivity contribution in [3.63, 3.8) is 0 Å². The second kappa shape index (κ2) is 6.23. The molecule has 0 bridgehead atoms. The van der Waals surface area contributed by atoms with E-state index in [9.17, 15) is 8.42 Å². The third-order valence-electron chi connectivity index (χ3n) is 2.34. The molecular formula is C11H8Cl3N3O3S. The fraction of sp³-hybridized carbons (Fsp3) is 0.0909. The molecule has 1 aromatic carbocycles. The second-order valence-corrected chi connectivity index (χ2v) is 6.53. The minimum Gasteiger partial charge on any atom is -0.478 e. The number of benzene rings is 1. The summed E-state index contributed by atoms with van der Waals surface area (Å²) in [5, 5.41) is 0.0943. The predicted octanol–water partition coefficient (Wildman–Crippen LogP) is 3.25. The Morgan fingerprint density at radius 3 is 2.62 bits per heavy atom. The Bertz CT molecular complexity index is 784. The minimum atomic E-state index is -4.00. The van der Waals surface area contributed by atoms with Gasteiger partial charge in [-0.05, 0) is 12.1 Å². The summed E-state index contributed by atoms with van der Waals surface area (Å²) in [5.74, 6) is -0.179. The molecule has 0 aliphatic rings. The van der Waals surface area contributed by atoms with Gasteiger partial charge in [0.05, 0.1) is 23.4 Å². The number of nitrogens with zero attached hydrogens (tertiary/aromatic N) is 2. The van der Waals surface area contributed by atoms with Gasteiger partial charge in [-0.15, -0.1) is 0 Å². The van der Waals surface area contributed by atoms with Gasteiger partial charge in [0.15, 0.2) is 5.15 Å². The van der Waals surface area contributed by atoms with Gasteiger partial charge in [0.25, 0.3) is 15.9 Å². The fourth-order valence-electron chi connectivity index (χ4n) is 1.44. The SMILES string of the molecule is COc1nc(Cl)cnc1NS(=O)(=O)c1cccc(Cl)c1Cl. The van der Waals surface area contributed by atoms with Crippen LogP contribution in [0.1, 0.15) is 0 Å². The normalized spacial score (nSPS) is 11.2. The lowest BCUT2D eigenvalue weighted by molar-refractivity contribution is 0.398. The molecule has 0 saturated heterocycles. The maximum atomic E-state index is 12.3.